The quantitative estimate of drug-likeness (QED) is 0.848. The SMILES string of the molecule is Cc1ccc([C@H](CNC(=O)COc2cccc(C)c2C)N(C)C)o1. The molecule has 0 spiro atoms. The maximum absolute atomic E-state index is 12.1. The van der Waals surface area contributed by atoms with Crippen molar-refractivity contribution in [2.45, 2.75) is 26.8 Å². The molecule has 0 saturated heterocycles. The number of carbonyl (C=O) groups excluding carboxylic acids is 1. The lowest BCUT2D eigenvalue weighted by Crippen LogP contribution is -2.36. The van der Waals surface area contributed by atoms with Gasteiger partial charge in [-0.05, 0) is 64.2 Å². The molecule has 0 saturated carbocycles. The number of nitrogens with zero attached hydrogens (tertiary/aromatic N) is 1. The number of ether oxygens (including phenoxy) is 1. The summed E-state index contributed by atoms with van der Waals surface area (Å²) >= 11 is 0. The number of benzene rings is 1. The van der Waals surface area contributed by atoms with Crippen LogP contribution in [0, 0.1) is 20.8 Å². The number of amides is 1. The Morgan fingerprint density at radius 1 is 1.21 bits per heavy atom. The Kier molecular flexibility index (Phi) is 6.04. The summed E-state index contributed by atoms with van der Waals surface area (Å²) in [5.74, 6) is 2.30. The molecule has 24 heavy (non-hydrogen) atoms. The summed E-state index contributed by atoms with van der Waals surface area (Å²) in [7, 11) is 3.92. The summed E-state index contributed by atoms with van der Waals surface area (Å²) in [6.07, 6.45) is 0. The molecule has 1 aromatic carbocycles. The first-order valence-electron chi connectivity index (χ1n) is 8.07. The van der Waals surface area contributed by atoms with Crippen LogP contribution in [-0.4, -0.2) is 38.1 Å². The van der Waals surface area contributed by atoms with Gasteiger partial charge in [0.05, 0.1) is 6.04 Å². The number of hydrogen-bond donors (Lipinski definition) is 1. The lowest BCUT2D eigenvalue weighted by molar-refractivity contribution is -0.123. The topological polar surface area (TPSA) is 54.7 Å². The molecule has 1 N–H and O–H groups in total. The maximum Gasteiger partial charge on any atom is 0.258 e. The molecule has 1 atom stereocenters. The van der Waals surface area contributed by atoms with Gasteiger partial charge >= 0.3 is 0 Å². The van der Waals surface area contributed by atoms with Crippen molar-refractivity contribution in [2.75, 3.05) is 27.2 Å². The van der Waals surface area contributed by atoms with Gasteiger partial charge in [0, 0.05) is 6.54 Å². The van der Waals surface area contributed by atoms with E-state index in [0.29, 0.717) is 6.54 Å². The van der Waals surface area contributed by atoms with Crippen molar-refractivity contribution >= 4 is 5.91 Å². The second-order valence-electron chi connectivity index (χ2n) is 6.22. The van der Waals surface area contributed by atoms with Crippen molar-refractivity contribution in [1.82, 2.24) is 10.2 Å². The van der Waals surface area contributed by atoms with Gasteiger partial charge in [-0.3, -0.25) is 9.69 Å². The highest BCUT2D eigenvalue weighted by Crippen LogP contribution is 2.21. The largest absolute Gasteiger partial charge is 0.483 e. The number of likely N-dealkylation sites (N-methyl/N-ethyl adjacent to an activating group) is 1. The van der Waals surface area contributed by atoms with E-state index in [0.717, 1.165) is 28.4 Å². The summed E-state index contributed by atoms with van der Waals surface area (Å²) in [4.78, 5) is 14.1. The molecule has 1 heterocycles. The Morgan fingerprint density at radius 3 is 2.58 bits per heavy atom. The highest BCUT2D eigenvalue weighted by atomic mass is 16.5. The molecular formula is C19H26N2O3. The van der Waals surface area contributed by atoms with E-state index in [1.807, 2.05) is 70.1 Å². The average Bonchev–Trinajstić information content (AvgIpc) is 2.95. The third-order valence-electron chi connectivity index (χ3n) is 4.12. The Morgan fingerprint density at radius 2 is 1.96 bits per heavy atom. The molecule has 0 bridgehead atoms. The van der Waals surface area contributed by atoms with Gasteiger partial charge in [0.2, 0.25) is 0 Å². The van der Waals surface area contributed by atoms with E-state index in [4.69, 9.17) is 9.15 Å². The molecule has 0 aliphatic heterocycles. The van der Waals surface area contributed by atoms with Gasteiger partial charge in [-0.25, -0.2) is 0 Å². The van der Waals surface area contributed by atoms with Crippen molar-refractivity contribution in [3.05, 3.63) is 53.0 Å². The standard InChI is InChI=1S/C19H26N2O3/c1-13-7-6-8-17(15(13)3)23-12-19(22)20-11-16(21(4)5)18-10-9-14(2)24-18/h6-10,16H,11-12H2,1-5H3,(H,20,22)/t16-/m0/s1. The first-order chi connectivity index (χ1) is 11.4. The van der Waals surface area contributed by atoms with Crippen molar-refractivity contribution in [1.29, 1.82) is 0 Å². The van der Waals surface area contributed by atoms with Crippen molar-refractivity contribution in [2.24, 2.45) is 0 Å². The van der Waals surface area contributed by atoms with Gasteiger partial charge in [0.1, 0.15) is 17.3 Å². The molecule has 0 radical (unpaired) electrons. The highest BCUT2D eigenvalue weighted by Gasteiger charge is 2.18. The van der Waals surface area contributed by atoms with Crippen LogP contribution < -0.4 is 10.1 Å². The van der Waals surface area contributed by atoms with E-state index in [2.05, 4.69) is 5.32 Å². The smallest absolute Gasteiger partial charge is 0.258 e. The summed E-state index contributed by atoms with van der Waals surface area (Å²) in [6.45, 7) is 6.39. The highest BCUT2D eigenvalue weighted by molar-refractivity contribution is 5.77. The summed E-state index contributed by atoms with van der Waals surface area (Å²) in [6, 6.07) is 9.69. The average molecular weight is 330 g/mol. The van der Waals surface area contributed by atoms with Crippen LogP contribution in [0.1, 0.15) is 28.7 Å². The zero-order chi connectivity index (χ0) is 17.7. The normalized spacial score (nSPS) is 12.2. The molecule has 2 aromatic rings. The third-order valence-corrected chi connectivity index (χ3v) is 4.12. The lowest BCUT2D eigenvalue weighted by Gasteiger charge is -2.22. The van der Waals surface area contributed by atoms with E-state index in [1.165, 1.54) is 0 Å². The van der Waals surface area contributed by atoms with Crippen molar-refractivity contribution in [3.8, 4) is 5.75 Å². The molecular weight excluding hydrogens is 304 g/mol. The fourth-order valence-electron chi connectivity index (χ4n) is 2.46. The van der Waals surface area contributed by atoms with E-state index < -0.39 is 0 Å². The first-order valence-corrected chi connectivity index (χ1v) is 8.07. The van der Waals surface area contributed by atoms with E-state index in [-0.39, 0.29) is 18.6 Å². The zero-order valence-corrected chi connectivity index (χ0v) is 15.1. The van der Waals surface area contributed by atoms with Crippen LogP contribution in [0.2, 0.25) is 0 Å². The number of furan rings is 1. The number of carbonyl (C=O) groups is 1. The van der Waals surface area contributed by atoms with Gasteiger partial charge in [-0.2, -0.15) is 0 Å². The third kappa shape index (κ3) is 4.61. The van der Waals surface area contributed by atoms with Gasteiger partial charge in [-0.1, -0.05) is 12.1 Å². The monoisotopic (exact) mass is 330 g/mol. The second kappa shape index (κ2) is 8.02. The van der Waals surface area contributed by atoms with Gasteiger partial charge < -0.3 is 14.5 Å². The fraction of sp³-hybridized carbons (Fsp3) is 0.421. The molecule has 1 aromatic heterocycles. The second-order valence-corrected chi connectivity index (χ2v) is 6.22. The van der Waals surface area contributed by atoms with Crippen LogP contribution in [0.5, 0.6) is 5.75 Å². The zero-order valence-electron chi connectivity index (χ0n) is 15.1. The van der Waals surface area contributed by atoms with Gasteiger partial charge in [0.25, 0.3) is 5.91 Å². The van der Waals surface area contributed by atoms with E-state index >= 15 is 0 Å². The van der Waals surface area contributed by atoms with Crippen LogP contribution in [0.15, 0.2) is 34.7 Å². The number of rotatable bonds is 7. The molecule has 5 heteroatoms. The molecule has 0 aliphatic carbocycles. The van der Waals surface area contributed by atoms with Crippen LogP contribution >= 0.6 is 0 Å². The van der Waals surface area contributed by atoms with Crippen LogP contribution in [-0.2, 0) is 4.79 Å². The minimum atomic E-state index is -0.147. The van der Waals surface area contributed by atoms with E-state index in [1.54, 1.807) is 0 Å². The Labute approximate surface area is 143 Å². The molecule has 130 valence electrons. The Hall–Kier alpha value is -2.27. The predicted molar refractivity (Wildman–Crippen MR) is 94.3 cm³/mol. The maximum atomic E-state index is 12.1. The van der Waals surface area contributed by atoms with Crippen molar-refractivity contribution in [3.63, 3.8) is 0 Å². The lowest BCUT2D eigenvalue weighted by atomic mass is 10.1. The molecule has 0 aliphatic rings. The molecule has 1 amide bonds. The molecule has 0 unspecified atom stereocenters. The fourth-order valence-corrected chi connectivity index (χ4v) is 2.46. The number of nitrogens with one attached hydrogen (secondary N) is 1. The first kappa shape index (κ1) is 18.1. The van der Waals surface area contributed by atoms with Crippen LogP contribution in [0.3, 0.4) is 0 Å². The van der Waals surface area contributed by atoms with Gasteiger partial charge in [-0.15, -0.1) is 0 Å². The summed E-state index contributed by atoms with van der Waals surface area (Å²) in [5.41, 5.74) is 2.20. The predicted octanol–water partition coefficient (Wildman–Crippen LogP) is 3.00. The van der Waals surface area contributed by atoms with Crippen molar-refractivity contribution < 1.29 is 13.9 Å². The van der Waals surface area contributed by atoms with Crippen LogP contribution in [0.4, 0.5) is 0 Å². The number of hydrogen-bond acceptors (Lipinski definition) is 4. The Bertz CT molecular complexity index is 692. The Balaban J connectivity index is 1.88. The number of aryl methyl sites for hydroxylation is 2. The molecule has 0 fully saturated rings. The summed E-state index contributed by atoms with van der Waals surface area (Å²) in [5, 5.41) is 2.91. The van der Waals surface area contributed by atoms with Crippen LogP contribution in [0.25, 0.3) is 0 Å². The van der Waals surface area contributed by atoms with E-state index in [9.17, 15) is 4.79 Å². The van der Waals surface area contributed by atoms with Gasteiger partial charge in [0.15, 0.2) is 6.61 Å². The summed E-state index contributed by atoms with van der Waals surface area (Å²) < 4.78 is 11.3. The minimum absolute atomic E-state index is 0.00161. The minimum Gasteiger partial charge on any atom is -0.483 e. The molecule has 2 rings (SSSR count). The molecule has 5 nitrogen and oxygen atoms in total.